The van der Waals surface area contributed by atoms with Gasteiger partial charge in [-0.05, 0) is 173 Å². The number of hydrogen-bond donors (Lipinski definition) is 0. The van der Waals surface area contributed by atoms with Gasteiger partial charge in [-0.3, -0.25) is 0 Å². The standard InChI is InChI=1S/C62H45BN2S2/c1-3-16-38(17-4-1)46-30-40-20-7-9-22-42(40)32-54(46)64-52-26-15-27-53-62(52)63(50-34-48-44-24-11-13-28-58(44)66-60(48)36-56(50)64)51-35-49-45-25-12-14-29-59(45)67-61(49)37-57(51)65(53)55-33-43-23-10-8-21-41(43)31-47(55)39-18-5-2-6-19-39/h1-6,11-19,24-37H,7-10,20-23H2. The van der Waals surface area contributed by atoms with Gasteiger partial charge in [0.15, 0.2) is 0 Å². The van der Waals surface area contributed by atoms with E-state index < -0.39 is 0 Å². The monoisotopic (exact) mass is 892 g/mol. The minimum absolute atomic E-state index is 0.00503. The van der Waals surface area contributed by atoms with Gasteiger partial charge >= 0.3 is 0 Å². The first kappa shape index (κ1) is 38.2. The normalized spacial score (nSPS) is 14.9. The van der Waals surface area contributed by atoms with Crippen LogP contribution in [0.1, 0.15) is 47.9 Å². The Balaban J connectivity index is 1.09. The molecule has 2 aliphatic carbocycles. The molecule has 0 radical (unpaired) electrons. The van der Waals surface area contributed by atoms with Gasteiger partial charge in [-0.15, -0.1) is 22.7 Å². The molecule has 2 nitrogen and oxygen atoms in total. The fourth-order valence-corrected chi connectivity index (χ4v) is 14.7. The molecule has 0 amide bonds. The second-order valence-corrected chi connectivity index (χ2v) is 21.4. The molecule has 2 aliphatic heterocycles. The quantitative estimate of drug-likeness (QED) is 0.162. The topological polar surface area (TPSA) is 6.48 Å². The molecule has 4 heterocycles. The van der Waals surface area contributed by atoms with Crippen molar-refractivity contribution in [3.8, 4) is 22.3 Å². The predicted molar refractivity (Wildman–Crippen MR) is 290 cm³/mol. The SMILES string of the molecule is c1ccc(-c2cc3c(cc2N2c4cc5sc6ccccc6c5cc4B4c5cc6c(cc5N(c5cc7c(cc5-c5ccccc5)CCCC7)c5cccc2c54)sc2ccccc26)CCCC3)cc1. The molecule has 0 N–H and O–H groups in total. The van der Waals surface area contributed by atoms with E-state index in [1.54, 1.807) is 0 Å². The number of aryl methyl sites for hydroxylation is 4. The third kappa shape index (κ3) is 5.74. The van der Waals surface area contributed by atoms with Crippen molar-refractivity contribution in [2.24, 2.45) is 0 Å². The molecule has 4 aliphatic rings. The minimum Gasteiger partial charge on any atom is -0.311 e. The molecular formula is C62H45BN2S2. The molecule has 5 heteroatoms. The first-order chi connectivity index (χ1) is 33.2. The summed E-state index contributed by atoms with van der Waals surface area (Å²) in [5.74, 6) is 0. The molecule has 15 rings (SSSR count). The van der Waals surface area contributed by atoms with Crippen molar-refractivity contribution in [3.05, 3.63) is 198 Å². The van der Waals surface area contributed by atoms with E-state index in [0.717, 1.165) is 25.7 Å². The van der Waals surface area contributed by atoms with Gasteiger partial charge in [0.25, 0.3) is 6.71 Å². The van der Waals surface area contributed by atoms with Crippen LogP contribution in [0, 0.1) is 0 Å². The molecule has 0 saturated heterocycles. The third-order valence-electron chi connectivity index (χ3n) is 15.6. The van der Waals surface area contributed by atoms with Gasteiger partial charge in [0, 0.05) is 63.4 Å². The van der Waals surface area contributed by atoms with Crippen molar-refractivity contribution in [1.29, 1.82) is 0 Å². The highest BCUT2D eigenvalue weighted by molar-refractivity contribution is 7.26. The summed E-state index contributed by atoms with van der Waals surface area (Å²) in [4.78, 5) is 5.39. The highest BCUT2D eigenvalue weighted by Gasteiger charge is 2.45. The second-order valence-electron chi connectivity index (χ2n) is 19.2. The largest absolute Gasteiger partial charge is 0.311 e. The van der Waals surface area contributed by atoms with E-state index >= 15 is 0 Å². The van der Waals surface area contributed by atoms with Crippen molar-refractivity contribution in [2.45, 2.75) is 51.4 Å². The van der Waals surface area contributed by atoms with Crippen LogP contribution in [0.25, 0.3) is 62.6 Å². The van der Waals surface area contributed by atoms with Gasteiger partial charge in [-0.25, -0.2) is 0 Å². The Morgan fingerprint density at radius 2 is 0.746 bits per heavy atom. The fraction of sp³-hybridized carbons (Fsp3) is 0.129. The van der Waals surface area contributed by atoms with Crippen LogP contribution in [0.15, 0.2) is 176 Å². The zero-order valence-electron chi connectivity index (χ0n) is 37.2. The number of thiophene rings is 2. The van der Waals surface area contributed by atoms with Crippen molar-refractivity contribution in [1.82, 2.24) is 0 Å². The lowest BCUT2D eigenvalue weighted by Crippen LogP contribution is -2.61. The van der Waals surface area contributed by atoms with Gasteiger partial charge in [-0.2, -0.15) is 0 Å². The second kappa shape index (κ2) is 14.8. The van der Waals surface area contributed by atoms with Crippen LogP contribution in [-0.2, 0) is 25.7 Å². The lowest BCUT2D eigenvalue weighted by Gasteiger charge is -2.45. The van der Waals surface area contributed by atoms with Crippen LogP contribution in [0.4, 0.5) is 34.1 Å². The highest BCUT2D eigenvalue weighted by Crippen LogP contribution is 2.52. The van der Waals surface area contributed by atoms with Gasteiger partial charge in [-0.1, -0.05) is 115 Å². The molecule has 9 aromatic carbocycles. The summed E-state index contributed by atoms with van der Waals surface area (Å²) in [5, 5.41) is 5.38. The van der Waals surface area contributed by atoms with Gasteiger partial charge in [0.05, 0.1) is 11.4 Å². The molecular weight excluding hydrogens is 848 g/mol. The highest BCUT2D eigenvalue weighted by atomic mass is 32.1. The zero-order valence-corrected chi connectivity index (χ0v) is 38.8. The lowest BCUT2D eigenvalue weighted by molar-refractivity contribution is 0.686. The summed E-state index contributed by atoms with van der Waals surface area (Å²) >= 11 is 3.85. The molecule has 0 unspecified atom stereocenters. The summed E-state index contributed by atoms with van der Waals surface area (Å²) in [5.41, 5.74) is 23.0. The van der Waals surface area contributed by atoms with Crippen LogP contribution in [0.3, 0.4) is 0 Å². The van der Waals surface area contributed by atoms with Crippen molar-refractivity contribution in [2.75, 3.05) is 9.80 Å². The molecule has 0 fully saturated rings. The number of rotatable bonds is 4. The molecule has 0 spiro atoms. The molecule has 2 aromatic heterocycles. The lowest BCUT2D eigenvalue weighted by atomic mass is 9.33. The molecule has 0 atom stereocenters. The fourth-order valence-electron chi connectivity index (χ4n) is 12.5. The van der Waals surface area contributed by atoms with Crippen LogP contribution in [0.5, 0.6) is 0 Å². The van der Waals surface area contributed by atoms with Crippen molar-refractivity contribution >= 4 is 120 Å². The Bertz CT molecular complexity index is 3600. The first-order valence-corrected chi connectivity index (χ1v) is 25.9. The van der Waals surface area contributed by atoms with E-state index in [1.807, 2.05) is 22.7 Å². The number of anilines is 6. The van der Waals surface area contributed by atoms with E-state index in [-0.39, 0.29) is 6.71 Å². The number of fused-ring (bicyclic) bond motifs is 12. The zero-order chi connectivity index (χ0) is 43.7. The summed E-state index contributed by atoms with van der Waals surface area (Å²) < 4.78 is 5.35. The minimum atomic E-state index is 0.00503. The van der Waals surface area contributed by atoms with Gasteiger partial charge in [0.2, 0.25) is 0 Å². The van der Waals surface area contributed by atoms with Crippen LogP contribution in [0.2, 0.25) is 0 Å². The number of nitrogens with zero attached hydrogens (tertiary/aromatic N) is 2. The Labute approximate surface area is 399 Å². The smallest absolute Gasteiger partial charge is 0.252 e. The maximum absolute atomic E-state index is 2.69. The van der Waals surface area contributed by atoms with Crippen molar-refractivity contribution < 1.29 is 0 Å². The van der Waals surface area contributed by atoms with E-state index in [0.29, 0.717) is 0 Å². The summed E-state index contributed by atoms with van der Waals surface area (Å²) in [7, 11) is 0. The molecule has 67 heavy (non-hydrogen) atoms. The van der Waals surface area contributed by atoms with E-state index in [2.05, 4.69) is 186 Å². The summed E-state index contributed by atoms with van der Waals surface area (Å²) in [6, 6.07) is 68.2. The van der Waals surface area contributed by atoms with Gasteiger partial charge < -0.3 is 9.80 Å². The van der Waals surface area contributed by atoms with E-state index in [9.17, 15) is 0 Å². The Morgan fingerprint density at radius 1 is 0.328 bits per heavy atom. The molecule has 0 bridgehead atoms. The van der Waals surface area contributed by atoms with Crippen LogP contribution >= 0.6 is 22.7 Å². The number of benzene rings is 9. The predicted octanol–water partition coefficient (Wildman–Crippen LogP) is 15.6. The van der Waals surface area contributed by atoms with Crippen LogP contribution in [-0.4, -0.2) is 6.71 Å². The molecule has 11 aromatic rings. The average molecular weight is 893 g/mol. The van der Waals surface area contributed by atoms with Crippen LogP contribution < -0.4 is 26.2 Å². The number of hydrogen-bond acceptors (Lipinski definition) is 4. The Morgan fingerprint density at radius 3 is 1.21 bits per heavy atom. The Hall–Kier alpha value is -6.92. The van der Waals surface area contributed by atoms with Gasteiger partial charge in [0.1, 0.15) is 0 Å². The molecule has 318 valence electrons. The maximum atomic E-state index is 2.69. The molecule has 0 saturated carbocycles. The van der Waals surface area contributed by atoms with Crippen molar-refractivity contribution in [3.63, 3.8) is 0 Å². The maximum Gasteiger partial charge on any atom is 0.252 e. The summed E-state index contributed by atoms with van der Waals surface area (Å²) in [6.45, 7) is 0.00503. The Kier molecular flexibility index (Phi) is 8.44. The summed E-state index contributed by atoms with van der Waals surface area (Å²) in [6.07, 6.45) is 9.49. The first-order valence-electron chi connectivity index (χ1n) is 24.3. The van der Waals surface area contributed by atoms with E-state index in [1.165, 1.54) is 161 Å². The van der Waals surface area contributed by atoms with E-state index in [4.69, 9.17) is 0 Å². The average Bonchev–Trinajstić information content (AvgIpc) is 3.94. The third-order valence-corrected chi connectivity index (χ3v) is 17.8.